The first kappa shape index (κ1) is 22.9. The molecule has 0 saturated carbocycles. The molecule has 0 aliphatic carbocycles. The Labute approximate surface area is 205 Å². The number of ether oxygens (including phenoxy) is 2. The van der Waals surface area contributed by atoms with Crippen LogP contribution >= 0.6 is 0 Å². The SMILES string of the molecule is Cc1cccc(CN2C(=O)/C(=C\c3ccc(C(=O)NC[C@@H]4CCCO4)cc3)Oc3ccccc32)c1. The quantitative estimate of drug-likeness (QED) is 0.524. The number of para-hydroxylation sites is 2. The maximum absolute atomic E-state index is 13.4. The third kappa shape index (κ3) is 5.28. The number of benzene rings is 3. The van der Waals surface area contributed by atoms with Crippen molar-refractivity contribution in [1.82, 2.24) is 5.32 Å². The van der Waals surface area contributed by atoms with Gasteiger partial charge in [-0.1, -0.05) is 54.1 Å². The van der Waals surface area contributed by atoms with Crippen LogP contribution in [0.25, 0.3) is 6.08 Å². The summed E-state index contributed by atoms with van der Waals surface area (Å²) in [6.45, 7) is 3.76. The summed E-state index contributed by atoms with van der Waals surface area (Å²) in [4.78, 5) is 27.6. The second kappa shape index (κ2) is 10.2. The lowest BCUT2D eigenvalue weighted by atomic mass is 10.1. The minimum absolute atomic E-state index is 0.100. The Morgan fingerprint density at radius 3 is 2.69 bits per heavy atom. The Hall–Kier alpha value is -3.90. The van der Waals surface area contributed by atoms with Crippen molar-refractivity contribution in [3.63, 3.8) is 0 Å². The second-order valence-corrected chi connectivity index (χ2v) is 8.93. The van der Waals surface area contributed by atoms with E-state index in [1.807, 2.05) is 61.5 Å². The number of nitrogens with one attached hydrogen (secondary N) is 1. The lowest BCUT2D eigenvalue weighted by Crippen LogP contribution is -2.36. The molecule has 0 bridgehead atoms. The number of carbonyl (C=O) groups is 2. The van der Waals surface area contributed by atoms with Gasteiger partial charge in [0.1, 0.15) is 0 Å². The number of carbonyl (C=O) groups excluding carboxylic acids is 2. The predicted octanol–water partition coefficient (Wildman–Crippen LogP) is 4.87. The second-order valence-electron chi connectivity index (χ2n) is 8.93. The Balaban J connectivity index is 1.34. The van der Waals surface area contributed by atoms with Crippen LogP contribution in [0.2, 0.25) is 0 Å². The van der Waals surface area contributed by atoms with Crippen molar-refractivity contribution in [2.75, 3.05) is 18.1 Å². The van der Waals surface area contributed by atoms with Gasteiger partial charge in [-0.15, -0.1) is 0 Å². The first-order valence-corrected chi connectivity index (χ1v) is 11.9. The lowest BCUT2D eigenvalue weighted by molar-refractivity contribution is -0.117. The molecule has 2 aliphatic heterocycles. The lowest BCUT2D eigenvalue weighted by Gasteiger charge is -2.30. The zero-order valence-electron chi connectivity index (χ0n) is 19.7. The highest BCUT2D eigenvalue weighted by atomic mass is 16.5. The highest BCUT2D eigenvalue weighted by Crippen LogP contribution is 2.36. The van der Waals surface area contributed by atoms with E-state index in [0.717, 1.165) is 41.8 Å². The summed E-state index contributed by atoms with van der Waals surface area (Å²) in [6, 6.07) is 22.8. The van der Waals surface area contributed by atoms with E-state index in [9.17, 15) is 9.59 Å². The summed E-state index contributed by atoms with van der Waals surface area (Å²) >= 11 is 0. The molecular formula is C29H28N2O4. The van der Waals surface area contributed by atoms with E-state index in [2.05, 4.69) is 11.4 Å². The molecule has 2 amide bonds. The third-order valence-corrected chi connectivity index (χ3v) is 6.24. The average molecular weight is 469 g/mol. The Bertz CT molecular complexity index is 1260. The first-order valence-electron chi connectivity index (χ1n) is 11.9. The number of hydrogen-bond acceptors (Lipinski definition) is 4. The monoisotopic (exact) mass is 468 g/mol. The molecule has 0 radical (unpaired) electrons. The van der Waals surface area contributed by atoms with Gasteiger partial charge in [0, 0.05) is 18.7 Å². The molecule has 35 heavy (non-hydrogen) atoms. The van der Waals surface area contributed by atoms with Crippen LogP contribution in [0.5, 0.6) is 5.75 Å². The van der Waals surface area contributed by atoms with E-state index < -0.39 is 0 Å². The fourth-order valence-electron chi connectivity index (χ4n) is 4.41. The van der Waals surface area contributed by atoms with E-state index >= 15 is 0 Å². The molecule has 0 aromatic heterocycles. The van der Waals surface area contributed by atoms with Gasteiger partial charge in [-0.2, -0.15) is 0 Å². The van der Waals surface area contributed by atoms with Gasteiger partial charge in [-0.25, -0.2) is 0 Å². The van der Waals surface area contributed by atoms with Crippen LogP contribution in [0.15, 0.2) is 78.6 Å². The summed E-state index contributed by atoms with van der Waals surface area (Å²) in [5.74, 6) is 0.537. The average Bonchev–Trinajstić information content (AvgIpc) is 3.39. The molecule has 0 spiro atoms. The summed E-state index contributed by atoms with van der Waals surface area (Å²) in [7, 11) is 0. The predicted molar refractivity (Wildman–Crippen MR) is 135 cm³/mol. The minimum atomic E-state index is -0.205. The Kier molecular flexibility index (Phi) is 6.64. The molecule has 1 atom stereocenters. The van der Waals surface area contributed by atoms with Gasteiger partial charge in [-0.3, -0.25) is 14.5 Å². The van der Waals surface area contributed by atoms with Crippen molar-refractivity contribution in [3.8, 4) is 5.75 Å². The van der Waals surface area contributed by atoms with Crippen molar-refractivity contribution in [2.24, 2.45) is 0 Å². The van der Waals surface area contributed by atoms with Crippen molar-refractivity contribution < 1.29 is 19.1 Å². The number of hydrogen-bond donors (Lipinski definition) is 1. The minimum Gasteiger partial charge on any atom is -0.449 e. The van der Waals surface area contributed by atoms with Gasteiger partial charge in [0.2, 0.25) is 0 Å². The van der Waals surface area contributed by atoms with E-state index in [1.54, 1.807) is 23.1 Å². The van der Waals surface area contributed by atoms with E-state index in [0.29, 0.717) is 24.4 Å². The molecule has 5 rings (SSSR count). The first-order chi connectivity index (χ1) is 17.1. The van der Waals surface area contributed by atoms with Crippen molar-refractivity contribution >= 4 is 23.6 Å². The summed E-state index contributed by atoms with van der Waals surface area (Å²) in [5.41, 5.74) is 4.28. The molecule has 2 heterocycles. The number of rotatable bonds is 6. The number of fused-ring (bicyclic) bond motifs is 1. The van der Waals surface area contributed by atoms with Crippen molar-refractivity contribution in [1.29, 1.82) is 0 Å². The zero-order valence-corrected chi connectivity index (χ0v) is 19.7. The highest BCUT2D eigenvalue weighted by Gasteiger charge is 2.30. The van der Waals surface area contributed by atoms with Gasteiger partial charge >= 0.3 is 0 Å². The third-order valence-electron chi connectivity index (χ3n) is 6.24. The molecule has 6 heteroatoms. The molecule has 1 N–H and O–H groups in total. The van der Waals surface area contributed by atoms with E-state index in [1.165, 1.54) is 0 Å². The van der Waals surface area contributed by atoms with Crippen LogP contribution in [0.1, 0.15) is 39.9 Å². The molecule has 178 valence electrons. The fourth-order valence-corrected chi connectivity index (χ4v) is 4.41. The van der Waals surface area contributed by atoms with Gasteiger partial charge in [-0.05, 0) is 61.2 Å². The van der Waals surface area contributed by atoms with Crippen LogP contribution in [0.3, 0.4) is 0 Å². The fraction of sp³-hybridized carbons (Fsp3) is 0.241. The molecule has 1 saturated heterocycles. The smallest absolute Gasteiger partial charge is 0.294 e. The van der Waals surface area contributed by atoms with Gasteiger partial charge in [0.25, 0.3) is 11.8 Å². The van der Waals surface area contributed by atoms with Gasteiger partial charge in [0.05, 0.1) is 18.3 Å². The van der Waals surface area contributed by atoms with Crippen LogP contribution in [-0.2, 0) is 16.1 Å². The summed E-state index contributed by atoms with van der Waals surface area (Å²) < 4.78 is 11.5. The van der Waals surface area contributed by atoms with Crippen molar-refractivity contribution in [2.45, 2.75) is 32.4 Å². The largest absolute Gasteiger partial charge is 0.449 e. The van der Waals surface area contributed by atoms with Crippen LogP contribution < -0.4 is 15.0 Å². The standard InChI is InChI=1S/C29H28N2O4/c1-20-6-4-7-22(16-20)19-31-25-9-2-3-10-26(25)35-27(29(31)33)17-21-11-13-23(14-12-21)28(32)30-18-24-8-5-15-34-24/h2-4,6-7,9-14,16-17,24H,5,8,15,18-19H2,1H3,(H,30,32)/b27-17+/t24-/m0/s1. The van der Waals surface area contributed by atoms with E-state index in [4.69, 9.17) is 9.47 Å². The molecule has 1 fully saturated rings. The number of aryl methyl sites for hydroxylation is 1. The maximum atomic E-state index is 13.4. The Morgan fingerprint density at radius 2 is 1.91 bits per heavy atom. The van der Waals surface area contributed by atoms with Crippen LogP contribution in [-0.4, -0.2) is 31.1 Å². The normalized spacial score (nSPS) is 18.3. The molecule has 2 aliphatic rings. The summed E-state index contributed by atoms with van der Waals surface area (Å²) in [5, 5.41) is 2.93. The van der Waals surface area contributed by atoms with Gasteiger partial charge in [0.15, 0.2) is 11.5 Å². The van der Waals surface area contributed by atoms with E-state index in [-0.39, 0.29) is 23.7 Å². The molecular weight excluding hydrogens is 440 g/mol. The van der Waals surface area contributed by atoms with Gasteiger partial charge < -0.3 is 14.8 Å². The molecule has 6 nitrogen and oxygen atoms in total. The topological polar surface area (TPSA) is 67.9 Å². The molecule has 3 aromatic rings. The van der Waals surface area contributed by atoms with Crippen LogP contribution in [0.4, 0.5) is 5.69 Å². The zero-order chi connectivity index (χ0) is 24.2. The van der Waals surface area contributed by atoms with Crippen molar-refractivity contribution in [3.05, 3.63) is 101 Å². The van der Waals surface area contributed by atoms with Crippen LogP contribution in [0, 0.1) is 6.92 Å². The number of nitrogens with zero attached hydrogens (tertiary/aromatic N) is 1. The Morgan fingerprint density at radius 1 is 1.09 bits per heavy atom. The number of anilines is 1. The maximum Gasteiger partial charge on any atom is 0.294 e. The summed E-state index contributed by atoms with van der Waals surface area (Å²) in [6.07, 6.45) is 3.83. The molecule has 3 aromatic carbocycles. The molecule has 0 unspecified atom stereocenters. The number of amides is 2. The highest BCUT2D eigenvalue weighted by molar-refractivity contribution is 6.09.